The van der Waals surface area contributed by atoms with Gasteiger partial charge in [-0.25, -0.2) is 4.79 Å². The maximum Gasteiger partial charge on any atom is 0.326 e. The maximum atomic E-state index is 11.5. The van der Waals surface area contributed by atoms with Gasteiger partial charge in [0.1, 0.15) is 6.10 Å². The summed E-state index contributed by atoms with van der Waals surface area (Å²) in [6, 6.07) is -0.557. The summed E-state index contributed by atoms with van der Waals surface area (Å²) >= 11 is 0. The molecule has 0 radical (unpaired) electrons. The average molecular weight is 230 g/mol. The fraction of sp³-hybridized carbons (Fsp3) is 0.778. The number of rotatable bonds is 2. The van der Waals surface area contributed by atoms with Gasteiger partial charge in [-0.2, -0.15) is 0 Å². The minimum absolute atomic E-state index is 0.193. The molecule has 3 amide bonds. The van der Waals surface area contributed by atoms with Gasteiger partial charge in [0.2, 0.25) is 5.91 Å². The number of carbonyl (C=O) groups is 2. The Kier molecular flexibility index (Phi) is 3.08. The van der Waals surface area contributed by atoms with Crippen LogP contribution in [-0.2, 0) is 9.53 Å². The van der Waals surface area contributed by atoms with Crippen molar-refractivity contribution in [1.29, 1.82) is 0 Å². The van der Waals surface area contributed by atoms with Crippen LogP contribution in [0.1, 0.15) is 12.8 Å². The Labute approximate surface area is 92.0 Å². The molecule has 7 heteroatoms. The van der Waals surface area contributed by atoms with Crippen LogP contribution in [0.5, 0.6) is 0 Å². The van der Waals surface area contributed by atoms with Gasteiger partial charge in [-0.1, -0.05) is 0 Å². The average Bonchev–Trinajstić information content (AvgIpc) is 2.60. The highest BCUT2D eigenvalue weighted by Gasteiger charge is 2.41. The Balaban J connectivity index is 2.02. The second kappa shape index (κ2) is 4.36. The van der Waals surface area contributed by atoms with E-state index in [4.69, 9.17) is 9.84 Å². The van der Waals surface area contributed by atoms with E-state index in [0.717, 1.165) is 0 Å². The zero-order valence-corrected chi connectivity index (χ0v) is 8.63. The number of aliphatic hydroxyl groups excluding tert-OH is 2. The lowest BCUT2D eigenvalue weighted by atomic mass is 10.2. The summed E-state index contributed by atoms with van der Waals surface area (Å²) in [6.07, 6.45) is -1.56. The molecule has 0 aromatic rings. The van der Waals surface area contributed by atoms with Crippen LogP contribution in [-0.4, -0.2) is 58.6 Å². The lowest BCUT2D eigenvalue weighted by molar-refractivity contribution is -0.125. The van der Waals surface area contributed by atoms with Gasteiger partial charge in [0.05, 0.1) is 12.7 Å². The number of urea groups is 1. The molecule has 2 fully saturated rings. The highest BCUT2D eigenvalue weighted by molar-refractivity contribution is 5.96. The number of aliphatic hydroxyl groups is 2. The maximum absolute atomic E-state index is 11.5. The molecule has 2 aliphatic heterocycles. The second-order valence-electron chi connectivity index (χ2n) is 3.93. The van der Waals surface area contributed by atoms with Gasteiger partial charge in [-0.05, 0) is 0 Å². The topological polar surface area (TPSA) is 99.1 Å². The van der Waals surface area contributed by atoms with E-state index < -0.39 is 24.5 Å². The summed E-state index contributed by atoms with van der Waals surface area (Å²) in [7, 11) is 0. The van der Waals surface area contributed by atoms with E-state index in [-0.39, 0.29) is 25.5 Å². The molecule has 0 bridgehead atoms. The van der Waals surface area contributed by atoms with Crippen molar-refractivity contribution in [3.63, 3.8) is 0 Å². The van der Waals surface area contributed by atoms with Gasteiger partial charge in [0, 0.05) is 19.4 Å². The number of hydrogen-bond acceptors (Lipinski definition) is 5. The summed E-state index contributed by atoms with van der Waals surface area (Å²) in [5.74, 6) is -0.326. The van der Waals surface area contributed by atoms with Crippen LogP contribution in [0.3, 0.4) is 0 Å². The van der Waals surface area contributed by atoms with Gasteiger partial charge in [0.25, 0.3) is 0 Å². The molecule has 0 spiro atoms. The van der Waals surface area contributed by atoms with Crippen LogP contribution in [0.25, 0.3) is 0 Å². The molecule has 16 heavy (non-hydrogen) atoms. The first-order valence-electron chi connectivity index (χ1n) is 5.16. The van der Waals surface area contributed by atoms with Crippen molar-refractivity contribution >= 4 is 11.9 Å². The molecule has 3 atom stereocenters. The SMILES string of the molecule is O=C1CCN([C@@H]2O[C@H](CO)C[C@H]2O)C(=O)N1. The molecule has 2 rings (SSSR count). The molecule has 2 heterocycles. The quantitative estimate of drug-likeness (QED) is 0.530. The predicted molar refractivity (Wildman–Crippen MR) is 51.2 cm³/mol. The Hall–Kier alpha value is -1.18. The third kappa shape index (κ3) is 2.01. The Morgan fingerprint density at radius 1 is 1.50 bits per heavy atom. The van der Waals surface area contributed by atoms with Gasteiger partial charge in [-0.3, -0.25) is 15.0 Å². The van der Waals surface area contributed by atoms with Crippen LogP contribution < -0.4 is 5.32 Å². The molecule has 0 aromatic carbocycles. The smallest absolute Gasteiger partial charge is 0.326 e. The number of hydrogen-bond donors (Lipinski definition) is 3. The number of carbonyl (C=O) groups excluding carboxylic acids is 2. The van der Waals surface area contributed by atoms with E-state index in [2.05, 4.69) is 5.32 Å². The van der Waals surface area contributed by atoms with Crippen molar-refractivity contribution < 1.29 is 24.5 Å². The first-order chi connectivity index (χ1) is 7.61. The van der Waals surface area contributed by atoms with E-state index in [0.29, 0.717) is 6.42 Å². The van der Waals surface area contributed by atoms with Crippen LogP contribution in [0.4, 0.5) is 4.79 Å². The summed E-state index contributed by atoms with van der Waals surface area (Å²) < 4.78 is 5.32. The minimum atomic E-state index is -0.823. The van der Waals surface area contributed by atoms with Gasteiger partial charge < -0.3 is 14.9 Å². The fourth-order valence-electron chi connectivity index (χ4n) is 1.95. The molecule has 2 aliphatic rings. The lowest BCUT2D eigenvalue weighted by Gasteiger charge is -2.32. The number of nitrogens with zero attached hydrogens (tertiary/aromatic N) is 1. The molecule has 0 unspecified atom stereocenters. The normalized spacial score (nSPS) is 35.4. The second-order valence-corrected chi connectivity index (χ2v) is 3.93. The lowest BCUT2D eigenvalue weighted by Crippen LogP contribution is -2.56. The molecule has 0 saturated carbocycles. The van der Waals surface area contributed by atoms with Crippen molar-refractivity contribution in [1.82, 2.24) is 10.2 Å². The number of imide groups is 1. The molecule has 2 saturated heterocycles. The van der Waals surface area contributed by atoms with Crippen LogP contribution in [0, 0.1) is 0 Å². The predicted octanol–water partition coefficient (Wildman–Crippen LogP) is -1.60. The first-order valence-corrected chi connectivity index (χ1v) is 5.16. The highest BCUT2D eigenvalue weighted by Crippen LogP contribution is 2.24. The number of ether oxygens (including phenoxy) is 1. The zero-order valence-electron chi connectivity index (χ0n) is 8.63. The van der Waals surface area contributed by atoms with E-state index in [1.54, 1.807) is 0 Å². The van der Waals surface area contributed by atoms with Crippen molar-refractivity contribution in [3.05, 3.63) is 0 Å². The van der Waals surface area contributed by atoms with Crippen molar-refractivity contribution in [2.75, 3.05) is 13.2 Å². The van der Waals surface area contributed by atoms with E-state index in [1.807, 2.05) is 0 Å². The van der Waals surface area contributed by atoms with E-state index >= 15 is 0 Å². The summed E-state index contributed by atoms with van der Waals surface area (Å²) in [5.41, 5.74) is 0. The largest absolute Gasteiger partial charge is 0.394 e. The highest BCUT2D eigenvalue weighted by atomic mass is 16.5. The molecule has 90 valence electrons. The third-order valence-corrected chi connectivity index (χ3v) is 2.76. The van der Waals surface area contributed by atoms with Crippen LogP contribution in [0.15, 0.2) is 0 Å². The van der Waals surface area contributed by atoms with Crippen LogP contribution in [0.2, 0.25) is 0 Å². The first kappa shape index (κ1) is 11.3. The summed E-state index contributed by atoms with van der Waals surface area (Å²) in [4.78, 5) is 23.7. The molecule has 3 N–H and O–H groups in total. The van der Waals surface area contributed by atoms with Crippen molar-refractivity contribution in [3.8, 4) is 0 Å². The van der Waals surface area contributed by atoms with Crippen LogP contribution >= 0.6 is 0 Å². The van der Waals surface area contributed by atoms with Gasteiger partial charge >= 0.3 is 6.03 Å². The fourth-order valence-corrected chi connectivity index (χ4v) is 1.95. The van der Waals surface area contributed by atoms with Gasteiger partial charge in [0.15, 0.2) is 6.23 Å². The third-order valence-electron chi connectivity index (χ3n) is 2.76. The van der Waals surface area contributed by atoms with Gasteiger partial charge in [-0.15, -0.1) is 0 Å². The molecule has 7 nitrogen and oxygen atoms in total. The Morgan fingerprint density at radius 3 is 2.81 bits per heavy atom. The zero-order chi connectivity index (χ0) is 11.7. The summed E-state index contributed by atoms with van der Waals surface area (Å²) in [5, 5.41) is 20.7. The Morgan fingerprint density at radius 2 is 2.25 bits per heavy atom. The van der Waals surface area contributed by atoms with Crippen molar-refractivity contribution in [2.24, 2.45) is 0 Å². The van der Waals surface area contributed by atoms with E-state index in [9.17, 15) is 14.7 Å². The van der Waals surface area contributed by atoms with E-state index in [1.165, 1.54) is 4.90 Å². The number of amides is 3. The van der Waals surface area contributed by atoms with Crippen molar-refractivity contribution in [2.45, 2.75) is 31.3 Å². The molecule has 0 aromatic heterocycles. The molecular formula is C9H14N2O5. The minimum Gasteiger partial charge on any atom is -0.394 e. The molecular weight excluding hydrogens is 216 g/mol. The summed E-state index contributed by atoms with van der Waals surface area (Å²) in [6.45, 7) is 0.0342. The number of nitrogens with one attached hydrogen (secondary N) is 1. The monoisotopic (exact) mass is 230 g/mol. The Bertz CT molecular complexity index is 308. The standard InChI is InChI=1S/C9H14N2O5/c12-4-5-3-6(13)8(16-5)11-2-1-7(14)10-9(11)15/h5-6,8,12-13H,1-4H2,(H,10,14,15)/t5-,6+,8+/m0/s1. The molecule has 0 aliphatic carbocycles.